The highest BCUT2D eigenvalue weighted by molar-refractivity contribution is 5.98. The van der Waals surface area contributed by atoms with E-state index in [1.54, 1.807) is 36.5 Å². The van der Waals surface area contributed by atoms with E-state index in [9.17, 15) is 43.2 Å². The summed E-state index contributed by atoms with van der Waals surface area (Å²) in [7, 11) is 0. The topological polar surface area (TPSA) is 385 Å². The Morgan fingerprint density at radius 2 is 1.39 bits per heavy atom. The van der Waals surface area contributed by atoms with Crippen LogP contribution in [0.3, 0.4) is 0 Å². The van der Waals surface area contributed by atoms with Crippen LogP contribution in [-0.4, -0.2) is 130 Å². The van der Waals surface area contributed by atoms with Gasteiger partial charge in [0.2, 0.25) is 53.2 Å². The minimum atomic E-state index is -1.40. The second kappa shape index (κ2) is 26.3. The number of amides is 9. The van der Waals surface area contributed by atoms with Gasteiger partial charge in [0.05, 0.1) is 12.9 Å². The van der Waals surface area contributed by atoms with Gasteiger partial charge >= 0.3 is 0 Å². The lowest BCUT2D eigenvalue weighted by molar-refractivity contribution is -0.135. The minimum Gasteiger partial charge on any atom is -0.370 e. The zero-order valence-corrected chi connectivity index (χ0v) is 38.7. The Morgan fingerprint density at radius 1 is 0.743 bits per heavy atom. The minimum absolute atomic E-state index is 0.0543. The maximum Gasteiger partial charge on any atom is 0.243 e. The number of aromatic nitrogens is 3. The number of hydrogen-bond acceptors (Lipinski definition) is 11. The number of guanidine groups is 1. The Labute approximate surface area is 402 Å². The lowest BCUT2D eigenvalue weighted by Crippen LogP contribution is -2.60. The quantitative estimate of drug-likeness (QED) is 0.0346. The third-order valence-electron chi connectivity index (χ3n) is 11.3. The molecule has 5 rings (SSSR count). The number of carbonyl (C=O) groups excluding carboxylic acids is 9. The number of nitrogens with two attached hydrogens (primary N) is 3. The summed E-state index contributed by atoms with van der Waals surface area (Å²) in [5.74, 6) is -6.91. The largest absolute Gasteiger partial charge is 0.370 e. The molecule has 0 aliphatic carbocycles. The van der Waals surface area contributed by atoms with Crippen LogP contribution in [0.15, 0.2) is 78.3 Å². The SMILES string of the molecule is CC(=O)NCC(=O)NC1CCNC(=O)CCCC(C(N)=O)NC(=O)[C@H](Cc2c[nH]c3ccccc23)NC(=O)[C@H](CCCN=C(N)N)NC(=O)C(Cc2ccccc2)NC(=O)[C@H](Cc2cnc[nH]2)NC1=O. The van der Waals surface area contributed by atoms with Gasteiger partial charge in [-0.1, -0.05) is 48.5 Å². The number of imidazole rings is 1. The Kier molecular flexibility index (Phi) is 19.8. The number of aliphatic imine (C=N–C) groups is 1. The van der Waals surface area contributed by atoms with Crippen molar-refractivity contribution in [3.8, 4) is 0 Å². The van der Waals surface area contributed by atoms with E-state index < -0.39 is 96.0 Å². The van der Waals surface area contributed by atoms with E-state index in [4.69, 9.17) is 17.2 Å². The van der Waals surface area contributed by atoms with Crippen LogP contribution in [0.25, 0.3) is 10.9 Å². The van der Waals surface area contributed by atoms with E-state index >= 15 is 0 Å². The summed E-state index contributed by atoms with van der Waals surface area (Å²) in [5.41, 5.74) is 19.3. The molecular weight excluding hydrogens is 907 g/mol. The predicted octanol–water partition coefficient (Wildman–Crippen LogP) is -2.81. The summed E-state index contributed by atoms with van der Waals surface area (Å²) >= 11 is 0. The Balaban J connectivity index is 1.54. The van der Waals surface area contributed by atoms with Crippen LogP contribution in [0.2, 0.25) is 0 Å². The van der Waals surface area contributed by atoms with Crippen molar-refractivity contribution in [3.05, 3.63) is 90.1 Å². The molecule has 1 aliphatic heterocycles. The molecule has 70 heavy (non-hydrogen) atoms. The van der Waals surface area contributed by atoms with Gasteiger partial charge in [0.15, 0.2) is 5.96 Å². The Morgan fingerprint density at radius 3 is 2.07 bits per heavy atom. The number of rotatable bonds is 14. The number of para-hydroxylation sites is 1. The van der Waals surface area contributed by atoms with Crippen molar-refractivity contribution in [1.82, 2.24) is 57.5 Å². The van der Waals surface area contributed by atoms with Gasteiger partial charge in [-0.15, -0.1) is 0 Å². The average molecular weight is 968 g/mol. The molecule has 3 heterocycles. The van der Waals surface area contributed by atoms with Crippen LogP contribution >= 0.6 is 0 Å². The van der Waals surface area contributed by atoms with E-state index in [-0.39, 0.29) is 76.8 Å². The third kappa shape index (κ3) is 16.8. The molecule has 2 aromatic heterocycles. The number of fused-ring (bicyclic) bond motifs is 1. The highest BCUT2D eigenvalue weighted by Gasteiger charge is 2.34. The van der Waals surface area contributed by atoms with E-state index in [2.05, 4.69) is 62.5 Å². The van der Waals surface area contributed by atoms with Crippen molar-refractivity contribution in [1.29, 1.82) is 0 Å². The van der Waals surface area contributed by atoms with Gasteiger partial charge in [-0.05, 0) is 49.3 Å². The molecule has 2 aromatic carbocycles. The molecule has 1 aliphatic rings. The molecule has 1 saturated heterocycles. The number of nitrogens with zero attached hydrogens (tertiary/aromatic N) is 2. The first-order valence-corrected chi connectivity index (χ1v) is 22.8. The Bertz CT molecular complexity index is 2490. The lowest BCUT2D eigenvalue weighted by atomic mass is 10.0. The van der Waals surface area contributed by atoms with Crippen molar-refractivity contribution >= 4 is 70.0 Å². The van der Waals surface area contributed by atoms with Crippen molar-refractivity contribution in [2.75, 3.05) is 19.6 Å². The summed E-state index contributed by atoms with van der Waals surface area (Å²) in [5, 5.41) is 21.9. The smallest absolute Gasteiger partial charge is 0.243 e. The normalized spacial score (nSPS) is 21.4. The van der Waals surface area contributed by atoms with Crippen LogP contribution in [0.1, 0.15) is 62.3 Å². The summed E-state index contributed by atoms with van der Waals surface area (Å²) < 4.78 is 0. The fourth-order valence-corrected chi connectivity index (χ4v) is 7.66. The maximum atomic E-state index is 14.6. The number of carbonyl (C=O) groups is 9. The average Bonchev–Trinajstić information content (AvgIpc) is 4.00. The van der Waals surface area contributed by atoms with Gasteiger partial charge in [0, 0.05) is 74.7 Å². The number of benzene rings is 2. The van der Waals surface area contributed by atoms with Crippen LogP contribution < -0.4 is 59.7 Å². The molecule has 6 atom stereocenters. The van der Waals surface area contributed by atoms with Gasteiger partial charge in [0.1, 0.15) is 36.3 Å². The molecular formula is C46H61N15O9. The van der Waals surface area contributed by atoms with Gasteiger partial charge in [-0.25, -0.2) is 4.98 Å². The molecule has 0 spiro atoms. The summed E-state index contributed by atoms with van der Waals surface area (Å²) in [6.45, 7) is 0.644. The number of aromatic amines is 2. The fraction of sp³-hybridized carbons (Fsp3) is 0.413. The van der Waals surface area contributed by atoms with Crippen molar-refractivity contribution in [2.45, 2.75) is 101 Å². The van der Waals surface area contributed by atoms with Gasteiger partial charge < -0.3 is 69.7 Å². The highest BCUT2D eigenvalue weighted by atomic mass is 16.2. The van der Waals surface area contributed by atoms with E-state index in [1.807, 2.05) is 24.3 Å². The molecule has 1 fully saturated rings. The van der Waals surface area contributed by atoms with Crippen LogP contribution in [0.4, 0.5) is 0 Å². The molecule has 3 unspecified atom stereocenters. The summed E-state index contributed by atoms with van der Waals surface area (Å²) in [4.78, 5) is 136. The monoisotopic (exact) mass is 967 g/mol. The number of H-pyrrole nitrogens is 2. The van der Waals surface area contributed by atoms with Crippen LogP contribution in [0.5, 0.6) is 0 Å². The van der Waals surface area contributed by atoms with Gasteiger partial charge in [0.25, 0.3) is 0 Å². The standard InChI is InChI=1S/C46H61N15O9/c1-26(62)53-24-39(64)56-34-16-18-51-38(63)15-7-13-32(40(47)65)57-44(69)36(20-28-22-54-31-12-6-5-11-30(28)31)60-41(66)33(14-8-17-52-46(48)49)58-43(68)35(19-27-9-3-2-4-10-27)59-45(70)37(61-42(34)67)21-29-23-50-25-55-29/h2-6,9-12,22-23,25,32-37,54H,7-8,13-21,24H2,1H3,(H2,47,65)(H,50,55)(H,51,63)(H,53,62)(H,56,64)(H,57,69)(H,58,68)(H,59,70)(H,60,66)(H,61,67)(H4,48,49,52)/t32?,33-,34?,35?,36-,37-/m0/s1. The molecule has 0 radical (unpaired) electrons. The first kappa shape index (κ1) is 52.7. The van der Waals surface area contributed by atoms with E-state index in [0.717, 1.165) is 10.9 Å². The van der Waals surface area contributed by atoms with Crippen LogP contribution in [0, 0.1) is 0 Å². The number of primary amides is 1. The number of nitrogens with one attached hydrogen (secondary N) is 10. The zero-order chi connectivity index (χ0) is 50.6. The highest BCUT2D eigenvalue weighted by Crippen LogP contribution is 2.20. The molecule has 4 aromatic rings. The number of hydrogen-bond donors (Lipinski definition) is 13. The Hall–Kier alpha value is -8.31. The first-order valence-electron chi connectivity index (χ1n) is 22.8. The first-order chi connectivity index (χ1) is 33.6. The van der Waals surface area contributed by atoms with E-state index in [0.29, 0.717) is 16.8 Å². The van der Waals surface area contributed by atoms with Crippen LogP contribution in [-0.2, 0) is 62.4 Å². The molecule has 24 heteroatoms. The maximum absolute atomic E-state index is 14.6. The molecule has 16 N–H and O–H groups in total. The van der Waals surface area contributed by atoms with Gasteiger partial charge in [-0.2, -0.15) is 0 Å². The fourth-order valence-electron chi connectivity index (χ4n) is 7.66. The van der Waals surface area contributed by atoms with Crippen molar-refractivity contribution in [2.24, 2.45) is 22.2 Å². The third-order valence-corrected chi connectivity index (χ3v) is 11.3. The zero-order valence-electron chi connectivity index (χ0n) is 38.7. The molecule has 0 bridgehead atoms. The van der Waals surface area contributed by atoms with Crippen molar-refractivity contribution < 1.29 is 43.2 Å². The predicted molar refractivity (Wildman–Crippen MR) is 255 cm³/mol. The van der Waals surface area contributed by atoms with E-state index in [1.165, 1.54) is 19.4 Å². The van der Waals surface area contributed by atoms with Gasteiger partial charge in [-0.3, -0.25) is 48.1 Å². The molecule has 9 amide bonds. The lowest BCUT2D eigenvalue weighted by Gasteiger charge is -2.27. The summed E-state index contributed by atoms with van der Waals surface area (Å²) in [6, 6.07) is 7.90. The molecule has 24 nitrogen and oxygen atoms in total. The second-order valence-electron chi connectivity index (χ2n) is 16.8. The molecule has 374 valence electrons. The summed E-state index contributed by atoms with van der Waals surface area (Å²) in [6.07, 6.45) is 3.95. The second-order valence-corrected chi connectivity index (χ2v) is 16.8. The molecule has 0 saturated carbocycles. The van der Waals surface area contributed by atoms with Crippen molar-refractivity contribution in [3.63, 3.8) is 0 Å².